The quantitative estimate of drug-likeness (QED) is 0.778. The minimum Gasteiger partial charge on any atom is -0.336 e. The molecule has 1 heterocycles. The number of nitrogens with zero attached hydrogens (tertiary/aromatic N) is 1. The molecule has 0 aromatic heterocycles. The van der Waals surface area contributed by atoms with Crippen molar-refractivity contribution in [3.8, 4) is 0 Å². The molecule has 4 heteroatoms. The fourth-order valence-corrected chi connectivity index (χ4v) is 1.67. The van der Waals surface area contributed by atoms with E-state index in [0.717, 1.165) is 12.1 Å². The number of amides is 1. The lowest BCUT2D eigenvalue weighted by atomic mass is 10.2. The number of carbonyl (C=O) groups excluding carboxylic acids is 1. The Labute approximate surface area is 87.9 Å². The number of halogens is 1. The lowest BCUT2D eigenvalue weighted by molar-refractivity contribution is -0.132. The van der Waals surface area contributed by atoms with Gasteiger partial charge in [0.05, 0.1) is 6.54 Å². The van der Waals surface area contributed by atoms with Crippen LogP contribution >= 0.6 is 0 Å². The van der Waals surface area contributed by atoms with Crippen molar-refractivity contribution in [3.63, 3.8) is 0 Å². The van der Waals surface area contributed by atoms with Crippen molar-refractivity contribution in [1.82, 2.24) is 10.2 Å². The Kier molecular flexibility index (Phi) is 2.97. The van der Waals surface area contributed by atoms with Crippen LogP contribution in [-0.2, 0) is 11.3 Å². The average Bonchev–Trinajstić information content (AvgIpc) is 2.22. The molecule has 0 saturated carbocycles. The summed E-state index contributed by atoms with van der Waals surface area (Å²) in [6.07, 6.45) is 0. The van der Waals surface area contributed by atoms with Crippen LogP contribution in [0.25, 0.3) is 0 Å². The third-order valence-corrected chi connectivity index (χ3v) is 2.45. The molecule has 1 N–H and O–H groups in total. The van der Waals surface area contributed by atoms with E-state index in [1.807, 2.05) is 6.07 Å². The summed E-state index contributed by atoms with van der Waals surface area (Å²) in [5.41, 5.74) is 0.838. The lowest BCUT2D eigenvalue weighted by Gasteiger charge is -2.27. The first-order valence-corrected chi connectivity index (χ1v) is 4.98. The largest absolute Gasteiger partial charge is 0.336 e. The maximum atomic E-state index is 12.9. The van der Waals surface area contributed by atoms with Crippen LogP contribution in [0.3, 0.4) is 0 Å². The zero-order valence-electron chi connectivity index (χ0n) is 8.37. The number of hydrogen-bond donors (Lipinski definition) is 1. The predicted octanol–water partition coefficient (Wildman–Crippen LogP) is 0.757. The van der Waals surface area contributed by atoms with Gasteiger partial charge in [0.2, 0.25) is 5.91 Å². The summed E-state index contributed by atoms with van der Waals surface area (Å²) < 4.78 is 12.9. The van der Waals surface area contributed by atoms with Gasteiger partial charge in [-0.15, -0.1) is 0 Å². The molecule has 0 radical (unpaired) electrons. The first kappa shape index (κ1) is 10.1. The van der Waals surface area contributed by atoms with Crippen molar-refractivity contribution in [2.75, 3.05) is 19.6 Å². The van der Waals surface area contributed by atoms with Crippen LogP contribution in [0.2, 0.25) is 0 Å². The second-order valence-corrected chi connectivity index (χ2v) is 3.62. The Balaban J connectivity index is 2.04. The van der Waals surface area contributed by atoms with E-state index in [1.54, 1.807) is 11.0 Å². The molecule has 1 saturated heterocycles. The van der Waals surface area contributed by atoms with Gasteiger partial charge in [0.1, 0.15) is 5.82 Å². The summed E-state index contributed by atoms with van der Waals surface area (Å²) in [7, 11) is 0. The first-order chi connectivity index (χ1) is 7.25. The molecule has 0 bridgehead atoms. The molecule has 15 heavy (non-hydrogen) atoms. The Morgan fingerprint density at radius 1 is 1.47 bits per heavy atom. The summed E-state index contributed by atoms with van der Waals surface area (Å²) in [5, 5.41) is 3.00. The monoisotopic (exact) mass is 208 g/mol. The van der Waals surface area contributed by atoms with Crippen molar-refractivity contribution >= 4 is 5.91 Å². The zero-order valence-corrected chi connectivity index (χ0v) is 8.37. The molecule has 3 nitrogen and oxygen atoms in total. The Bertz CT molecular complexity index is 367. The van der Waals surface area contributed by atoms with Crippen LogP contribution in [0.15, 0.2) is 24.3 Å². The van der Waals surface area contributed by atoms with Gasteiger partial charge in [-0.25, -0.2) is 4.39 Å². The average molecular weight is 208 g/mol. The highest BCUT2D eigenvalue weighted by atomic mass is 19.1. The minimum absolute atomic E-state index is 0.0745. The minimum atomic E-state index is -0.255. The molecule has 1 amide bonds. The van der Waals surface area contributed by atoms with Gasteiger partial charge in [-0.05, 0) is 17.7 Å². The zero-order chi connectivity index (χ0) is 10.7. The topological polar surface area (TPSA) is 32.3 Å². The molecular weight excluding hydrogens is 195 g/mol. The SMILES string of the molecule is O=C1CNCCN1Cc1cccc(F)c1. The van der Waals surface area contributed by atoms with Crippen LogP contribution in [0, 0.1) is 5.82 Å². The highest BCUT2D eigenvalue weighted by molar-refractivity contribution is 5.78. The molecule has 80 valence electrons. The Morgan fingerprint density at radius 3 is 3.07 bits per heavy atom. The van der Waals surface area contributed by atoms with E-state index in [9.17, 15) is 9.18 Å². The van der Waals surface area contributed by atoms with Gasteiger partial charge < -0.3 is 10.2 Å². The normalized spacial score (nSPS) is 16.9. The van der Waals surface area contributed by atoms with Crippen molar-refractivity contribution in [1.29, 1.82) is 0 Å². The van der Waals surface area contributed by atoms with Crippen LogP contribution in [-0.4, -0.2) is 30.4 Å². The standard InChI is InChI=1S/C11H13FN2O/c12-10-3-1-2-9(6-10)8-14-5-4-13-7-11(14)15/h1-3,6,13H,4-5,7-8H2. The molecule has 1 aliphatic heterocycles. The second-order valence-electron chi connectivity index (χ2n) is 3.62. The third-order valence-electron chi connectivity index (χ3n) is 2.45. The lowest BCUT2D eigenvalue weighted by Crippen LogP contribution is -2.47. The first-order valence-electron chi connectivity index (χ1n) is 4.98. The molecule has 0 atom stereocenters. The highest BCUT2D eigenvalue weighted by Crippen LogP contribution is 2.08. The van der Waals surface area contributed by atoms with Gasteiger partial charge in [-0.2, -0.15) is 0 Å². The molecular formula is C11H13FN2O. The summed E-state index contributed by atoms with van der Waals surface area (Å²) in [6.45, 7) is 2.38. The van der Waals surface area contributed by atoms with Gasteiger partial charge in [-0.3, -0.25) is 4.79 Å². The van der Waals surface area contributed by atoms with Crippen molar-refractivity contribution in [2.24, 2.45) is 0 Å². The summed E-state index contributed by atoms with van der Waals surface area (Å²) in [6, 6.07) is 6.37. The molecule has 1 aromatic rings. The highest BCUT2D eigenvalue weighted by Gasteiger charge is 2.17. The molecule has 2 rings (SSSR count). The predicted molar refractivity (Wildman–Crippen MR) is 54.7 cm³/mol. The summed E-state index contributed by atoms with van der Waals surface area (Å²) >= 11 is 0. The summed E-state index contributed by atoms with van der Waals surface area (Å²) in [5.74, 6) is -0.180. The van der Waals surface area contributed by atoms with Gasteiger partial charge in [-0.1, -0.05) is 12.1 Å². The van der Waals surface area contributed by atoms with Gasteiger partial charge in [0.15, 0.2) is 0 Å². The van der Waals surface area contributed by atoms with Gasteiger partial charge in [0.25, 0.3) is 0 Å². The van der Waals surface area contributed by atoms with E-state index >= 15 is 0 Å². The number of hydrogen-bond acceptors (Lipinski definition) is 2. The van der Waals surface area contributed by atoms with Gasteiger partial charge >= 0.3 is 0 Å². The number of carbonyl (C=O) groups is 1. The van der Waals surface area contributed by atoms with Crippen LogP contribution in [0.4, 0.5) is 4.39 Å². The van der Waals surface area contributed by atoms with Crippen LogP contribution in [0.5, 0.6) is 0 Å². The molecule has 1 fully saturated rings. The Hall–Kier alpha value is -1.42. The van der Waals surface area contributed by atoms with E-state index in [4.69, 9.17) is 0 Å². The van der Waals surface area contributed by atoms with Gasteiger partial charge in [0, 0.05) is 19.6 Å². The molecule has 1 aromatic carbocycles. The fourth-order valence-electron chi connectivity index (χ4n) is 1.67. The number of rotatable bonds is 2. The van der Waals surface area contributed by atoms with E-state index < -0.39 is 0 Å². The number of piperazine rings is 1. The fraction of sp³-hybridized carbons (Fsp3) is 0.364. The Morgan fingerprint density at radius 2 is 2.33 bits per heavy atom. The summed E-state index contributed by atoms with van der Waals surface area (Å²) in [4.78, 5) is 13.2. The van der Waals surface area contributed by atoms with E-state index in [2.05, 4.69) is 5.32 Å². The smallest absolute Gasteiger partial charge is 0.236 e. The van der Waals surface area contributed by atoms with E-state index in [-0.39, 0.29) is 11.7 Å². The number of nitrogens with one attached hydrogen (secondary N) is 1. The maximum Gasteiger partial charge on any atom is 0.236 e. The van der Waals surface area contributed by atoms with Crippen LogP contribution in [0.1, 0.15) is 5.56 Å². The van der Waals surface area contributed by atoms with E-state index in [0.29, 0.717) is 19.6 Å². The second kappa shape index (κ2) is 4.40. The van der Waals surface area contributed by atoms with Crippen LogP contribution < -0.4 is 5.32 Å². The van der Waals surface area contributed by atoms with E-state index in [1.165, 1.54) is 12.1 Å². The molecule has 0 unspecified atom stereocenters. The van der Waals surface area contributed by atoms with Crippen molar-refractivity contribution in [2.45, 2.75) is 6.54 Å². The molecule has 0 spiro atoms. The van der Waals surface area contributed by atoms with Crippen molar-refractivity contribution < 1.29 is 9.18 Å². The molecule has 1 aliphatic rings. The third kappa shape index (κ3) is 2.53. The number of benzene rings is 1. The molecule has 0 aliphatic carbocycles. The maximum absolute atomic E-state index is 12.9. The van der Waals surface area contributed by atoms with Crippen molar-refractivity contribution in [3.05, 3.63) is 35.6 Å².